The lowest BCUT2D eigenvalue weighted by Gasteiger charge is -2.22. The molecule has 0 spiro atoms. The molecule has 0 N–H and O–H groups in total. The topological polar surface area (TPSA) is 29.5 Å². The maximum atomic E-state index is 12.4. The molecule has 1 aromatic heterocycles. The zero-order valence-electron chi connectivity index (χ0n) is 13.2. The van der Waals surface area contributed by atoms with Crippen molar-refractivity contribution in [1.82, 2.24) is 4.90 Å². The van der Waals surface area contributed by atoms with Gasteiger partial charge in [0.1, 0.15) is 5.75 Å². The van der Waals surface area contributed by atoms with Gasteiger partial charge < -0.3 is 9.64 Å². The van der Waals surface area contributed by atoms with Gasteiger partial charge in [0.2, 0.25) is 5.91 Å². The Hall–Kier alpha value is -1.81. The van der Waals surface area contributed by atoms with Crippen LogP contribution in [0.3, 0.4) is 0 Å². The van der Waals surface area contributed by atoms with E-state index in [1.165, 1.54) is 5.56 Å². The molecule has 1 amide bonds. The third-order valence-corrected chi connectivity index (χ3v) is 4.31. The fourth-order valence-electron chi connectivity index (χ4n) is 2.36. The van der Waals surface area contributed by atoms with Crippen LogP contribution in [0.1, 0.15) is 31.4 Å². The van der Waals surface area contributed by atoms with Gasteiger partial charge in [-0.3, -0.25) is 4.79 Å². The fraction of sp³-hybridized carbons (Fsp3) is 0.389. The maximum absolute atomic E-state index is 12.4. The molecule has 2 rings (SSSR count). The van der Waals surface area contributed by atoms with E-state index < -0.39 is 0 Å². The molecule has 0 bridgehead atoms. The highest BCUT2D eigenvalue weighted by molar-refractivity contribution is 7.07. The second kappa shape index (κ2) is 8.59. The van der Waals surface area contributed by atoms with Crippen LogP contribution >= 0.6 is 11.3 Å². The monoisotopic (exact) mass is 317 g/mol. The van der Waals surface area contributed by atoms with Gasteiger partial charge in [-0.2, -0.15) is 11.3 Å². The summed E-state index contributed by atoms with van der Waals surface area (Å²) in [5, 5.41) is 4.16. The van der Waals surface area contributed by atoms with Gasteiger partial charge in [-0.15, -0.1) is 0 Å². The van der Waals surface area contributed by atoms with E-state index in [2.05, 4.69) is 16.8 Å². The zero-order chi connectivity index (χ0) is 15.8. The maximum Gasteiger partial charge on any atom is 0.223 e. The first kappa shape index (κ1) is 16.6. The van der Waals surface area contributed by atoms with Gasteiger partial charge in [0, 0.05) is 25.1 Å². The average molecular weight is 317 g/mol. The van der Waals surface area contributed by atoms with Crippen LogP contribution in [-0.4, -0.2) is 24.0 Å². The molecule has 3 nitrogen and oxygen atoms in total. The first-order valence-electron chi connectivity index (χ1n) is 7.74. The van der Waals surface area contributed by atoms with Gasteiger partial charge in [0.25, 0.3) is 0 Å². The SMILES string of the molecule is CCOc1ccccc1CN(CC)C(=O)CCc1ccsc1. The molecule has 118 valence electrons. The molecule has 2 aromatic rings. The Labute approximate surface area is 136 Å². The summed E-state index contributed by atoms with van der Waals surface area (Å²) in [5.41, 5.74) is 2.30. The Morgan fingerprint density at radius 2 is 2.05 bits per heavy atom. The van der Waals surface area contributed by atoms with Gasteiger partial charge in [-0.05, 0) is 48.7 Å². The summed E-state index contributed by atoms with van der Waals surface area (Å²) in [6.45, 7) is 5.94. The van der Waals surface area contributed by atoms with E-state index in [1.807, 2.05) is 43.0 Å². The van der Waals surface area contributed by atoms with E-state index in [9.17, 15) is 4.79 Å². The van der Waals surface area contributed by atoms with E-state index in [-0.39, 0.29) is 5.91 Å². The van der Waals surface area contributed by atoms with Gasteiger partial charge >= 0.3 is 0 Å². The summed E-state index contributed by atoms with van der Waals surface area (Å²) in [7, 11) is 0. The predicted octanol–water partition coefficient (Wildman–Crippen LogP) is 4.13. The van der Waals surface area contributed by atoms with E-state index in [0.717, 1.165) is 17.7 Å². The van der Waals surface area contributed by atoms with Crippen molar-refractivity contribution < 1.29 is 9.53 Å². The lowest BCUT2D eigenvalue weighted by Crippen LogP contribution is -2.30. The lowest BCUT2D eigenvalue weighted by atomic mass is 10.1. The molecule has 0 atom stereocenters. The highest BCUT2D eigenvalue weighted by Crippen LogP contribution is 2.20. The molecule has 1 aromatic carbocycles. The van der Waals surface area contributed by atoms with Crippen LogP contribution < -0.4 is 4.74 Å². The largest absolute Gasteiger partial charge is 0.494 e. The number of para-hydroxylation sites is 1. The van der Waals surface area contributed by atoms with E-state index in [0.29, 0.717) is 26.1 Å². The summed E-state index contributed by atoms with van der Waals surface area (Å²) < 4.78 is 5.64. The van der Waals surface area contributed by atoms with Crippen molar-refractivity contribution in [2.24, 2.45) is 0 Å². The first-order chi connectivity index (χ1) is 10.7. The number of hydrogen-bond acceptors (Lipinski definition) is 3. The Morgan fingerprint density at radius 3 is 2.73 bits per heavy atom. The Balaban J connectivity index is 1.97. The number of benzene rings is 1. The minimum atomic E-state index is 0.194. The van der Waals surface area contributed by atoms with Crippen molar-refractivity contribution in [3.05, 3.63) is 52.2 Å². The van der Waals surface area contributed by atoms with Crippen LogP contribution in [-0.2, 0) is 17.8 Å². The molecule has 4 heteroatoms. The number of ether oxygens (including phenoxy) is 1. The van der Waals surface area contributed by atoms with Gasteiger partial charge in [0.15, 0.2) is 0 Å². The first-order valence-corrected chi connectivity index (χ1v) is 8.68. The second-order valence-electron chi connectivity index (χ2n) is 5.08. The van der Waals surface area contributed by atoms with Crippen molar-refractivity contribution in [3.63, 3.8) is 0 Å². The smallest absolute Gasteiger partial charge is 0.223 e. The van der Waals surface area contributed by atoms with Crippen LogP contribution in [0, 0.1) is 0 Å². The molecule has 22 heavy (non-hydrogen) atoms. The number of hydrogen-bond donors (Lipinski definition) is 0. The average Bonchev–Trinajstić information content (AvgIpc) is 3.05. The summed E-state index contributed by atoms with van der Waals surface area (Å²) in [5.74, 6) is 1.06. The Bertz CT molecular complexity index is 581. The number of carbonyl (C=O) groups excluding carboxylic acids is 1. The molecular formula is C18H23NO2S. The minimum Gasteiger partial charge on any atom is -0.494 e. The summed E-state index contributed by atoms with van der Waals surface area (Å²) in [6.07, 6.45) is 1.37. The molecule has 0 aliphatic rings. The standard InChI is InChI=1S/C18H23NO2S/c1-3-19(18(20)10-9-15-11-12-22-14-15)13-16-7-5-6-8-17(16)21-4-2/h5-8,11-12,14H,3-4,9-10,13H2,1-2H3. The Kier molecular flexibility index (Phi) is 6.46. The molecule has 0 aliphatic carbocycles. The number of rotatable bonds is 8. The highest BCUT2D eigenvalue weighted by atomic mass is 32.1. The third kappa shape index (κ3) is 4.60. The van der Waals surface area contributed by atoms with Crippen molar-refractivity contribution >= 4 is 17.2 Å². The van der Waals surface area contributed by atoms with E-state index >= 15 is 0 Å². The van der Waals surface area contributed by atoms with Crippen LogP contribution in [0.5, 0.6) is 5.75 Å². The molecule has 1 heterocycles. The fourth-order valence-corrected chi connectivity index (χ4v) is 3.06. The molecule has 0 unspecified atom stereocenters. The normalized spacial score (nSPS) is 10.5. The van der Waals surface area contributed by atoms with Crippen LogP contribution in [0.4, 0.5) is 0 Å². The van der Waals surface area contributed by atoms with E-state index in [1.54, 1.807) is 11.3 Å². The van der Waals surface area contributed by atoms with Crippen molar-refractivity contribution in [2.75, 3.05) is 13.2 Å². The third-order valence-electron chi connectivity index (χ3n) is 3.58. The minimum absolute atomic E-state index is 0.194. The highest BCUT2D eigenvalue weighted by Gasteiger charge is 2.14. The van der Waals surface area contributed by atoms with Crippen molar-refractivity contribution in [3.8, 4) is 5.75 Å². The predicted molar refractivity (Wildman–Crippen MR) is 91.3 cm³/mol. The van der Waals surface area contributed by atoms with Gasteiger partial charge in [-0.25, -0.2) is 0 Å². The molecule has 0 aliphatic heterocycles. The molecule has 0 fully saturated rings. The zero-order valence-corrected chi connectivity index (χ0v) is 14.1. The number of nitrogens with zero attached hydrogens (tertiary/aromatic N) is 1. The van der Waals surface area contributed by atoms with Crippen LogP contribution in [0.25, 0.3) is 0 Å². The summed E-state index contributed by atoms with van der Waals surface area (Å²) in [6, 6.07) is 10.0. The van der Waals surface area contributed by atoms with Gasteiger partial charge in [0.05, 0.1) is 6.61 Å². The summed E-state index contributed by atoms with van der Waals surface area (Å²) in [4.78, 5) is 14.3. The summed E-state index contributed by atoms with van der Waals surface area (Å²) >= 11 is 1.67. The van der Waals surface area contributed by atoms with Crippen molar-refractivity contribution in [2.45, 2.75) is 33.2 Å². The number of aryl methyl sites for hydroxylation is 1. The number of thiophene rings is 1. The van der Waals surface area contributed by atoms with E-state index in [4.69, 9.17) is 4.74 Å². The van der Waals surface area contributed by atoms with Crippen LogP contribution in [0.2, 0.25) is 0 Å². The molecule has 0 radical (unpaired) electrons. The lowest BCUT2D eigenvalue weighted by molar-refractivity contribution is -0.131. The number of amides is 1. The second-order valence-corrected chi connectivity index (χ2v) is 5.86. The Morgan fingerprint density at radius 1 is 1.23 bits per heavy atom. The molecular weight excluding hydrogens is 294 g/mol. The van der Waals surface area contributed by atoms with Crippen LogP contribution in [0.15, 0.2) is 41.1 Å². The molecule has 0 saturated heterocycles. The number of carbonyl (C=O) groups is 1. The van der Waals surface area contributed by atoms with Crippen molar-refractivity contribution in [1.29, 1.82) is 0 Å². The molecule has 0 saturated carbocycles. The quantitative estimate of drug-likeness (QED) is 0.732. The van der Waals surface area contributed by atoms with Gasteiger partial charge in [-0.1, -0.05) is 18.2 Å².